The molecule has 5 N–H and O–H groups in total. The number of anilines is 2. The van der Waals surface area contributed by atoms with Crippen LogP contribution in [0.15, 0.2) is 72.1 Å². The Kier molecular flexibility index (Phi) is 10.4. The van der Waals surface area contributed by atoms with Crippen LogP contribution in [0.5, 0.6) is 0 Å². The number of nitrogens with one attached hydrogen (secondary N) is 3. The summed E-state index contributed by atoms with van der Waals surface area (Å²) in [6.45, 7) is 0.588. The molecule has 1 atom stereocenters. The Bertz CT molecular complexity index is 1680. The van der Waals surface area contributed by atoms with Gasteiger partial charge in [0.1, 0.15) is 24.0 Å². The average Bonchev–Trinajstić information content (AvgIpc) is 3.55. The summed E-state index contributed by atoms with van der Waals surface area (Å²) in [5.41, 5.74) is 1.58. The fourth-order valence-corrected chi connectivity index (χ4v) is 6.22. The van der Waals surface area contributed by atoms with Crippen molar-refractivity contribution in [3.63, 3.8) is 0 Å². The highest BCUT2D eigenvalue weighted by atomic mass is 35.5. The second kappa shape index (κ2) is 14.4. The Morgan fingerprint density at radius 1 is 1.02 bits per heavy atom. The predicted molar refractivity (Wildman–Crippen MR) is 171 cm³/mol. The second-order valence-electron chi connectivity index (χ2n) is 10.8. The van der Waals surface area contributed by atoms with E-state index in [9.17, 15) is 13.2 Å². The van der Waals surface area contributed by atoms with Crippen LogP contribution in [-0.4, -0.2) is 39.9 Å². The lowest BCUT2D eigenvalue weighted by molar-refractivity contribution is -0.122. The molecule has 0 radical (unpaired) electrons. The third-order valence-corrected chi connectivity index (χ3v) is 9.10. The standard InChI is InChI=1S/C30H34Cl2N8O3S/c31-23-9-8-22(25(32)15-23)18-35-29(41)26(14-20-4-2-1-3-5-20)37-27-16-28(40-13-12-34-19-40)39-30(38-27)36-17-21-6-10-24(11-7-21)44(33,42)43/h6-13,15-16,19-20,26H,1-5,14,17-18H2,(H,35,41)(H2,33,42,43)(H2,36,37,38,39)/t26-/m1/s1. The molecule has 44 heavy (non-hydrogen) atoms. The molecular formula is C30H34Cl2N8O3S. The Hall–Kier alpha value is -3.71. The first kappa shape index (κ1) is 31.7. The van der Waals surface area contributed by atoms with Crippen molar-refractivity contribution >= 4 is 50.9 Å². The number of carbonyl (C=O) groups is 1. The van der Waals surface area contributed by atoms with E-state index in [2.05, 4.69) is 30.9 Å². The van der Waals surface area contributed by atoms with Crippen LogP contribution >= 0.6 is 23.2 Å². The molecule has 14 heteroatoms. The maximum Gasteiger partial charge on any atom is 0.242 e. The van der Waals surface area contributed by atoms with Gasteiger partial charge < -0.3 is 16.0 Å². The molecule has 1 amide bonds. The van der Waals surface area contributed by atoms with Gasteiger partial charge in [-0.25, -0.2) is 18.5 Å². The first-order valence-electron chi connectivity index (χ1n) is 14.4. The van der Waals surface area contributed by atoms with Gasteiger partial charge in [-0.05, 0) is 47.7 Å². The van der Waals surface area contributed by atoms with Crippen LogP contribution in [-0.2, 0) is 27.9 Å². The van der Waals surface area contributed by atoms with E-state index >= 15 is 0 Å². The van der Waals surface area contributed by atoms with E-state index in [0.717, 1.165) is 36.8 Å². The lowest BCUT2D eigenvalue weighted by atomic mass is 9.84. The van der Waals surface area contributed by atoms with E-state index in [1.807, 2.05) is 0 Å². The number of rotatable bonds is 12. The number of hydrogen-bond donors (Lipinski definition) is 4. The maximum absolute atomic E-state index is 13.6. The molecule has 0 bridgehead atoms. The maximum atomic E-state index is 13.6. The zero-order chi connectivity index (χ0) is 31.1. The third kappa shape index (κ3) is 8.69. The molecule has 1 fully saturated rings. The summed E-state index contributed by atoms with van der Waals surface area (Å²) in [5, 5.41) is 15.9. The van der Waals surface area contributed by atoms with Crippen molar-refractivity contribution in [1.82, 2.24) is 24.8 Å². The van der Waals surface area contributed by atoms with Crippen molar-refractivity contribution in [3.05, 3.63) is 88.4 Å². The van der Waals surface area contributed by atoms with Crippen molar-refractivity contribution in [3.8, 4) is 5.82 Å². The zero-order valence-corrected chi connectivity index (χ0v) is 26.2. The number of primary sulfonamides is 1. The molecule has 0 saturated heterocycles. The van der Waals surface area contributed by atoms with Crippen LogP contribution in [0, 0.1) is 5.92 Å². The molecule has 1 aliphatic rings. The minimum Gasteiger partial charge on any atom is -0.358 e. The molecule has 0 spiro atoms. The van der Waals surface area contributed by atoms with Gasteiger partial charge in [-0.1, -0.05) is 73.5 Å². The van der Waals surface area contributed by atoms with E-state index < -0.39 is 16.1 Å². The lowest BCUT2D eigenvalue weighted by Gasteiger charge is -2.27. The number of amides is 1. The number of nitrogens with zero attached hydrogens (tertiary/aromatic N) is 4. The fourth-order valence-electron chi connectivity index (χ4n) is 5.23. The first-order valence-corrected chi connectivity index (χ1v) is 16.7. The number of imidazole rings is 1. The Morgan fingerprint density at radius 3 is 2.48 bits per heavy atom. The molecule has 11 nitrogen and oxygen atoms in total. The van der Waals surface area contributed by atoms with Crippen LogP contribution in [0.1, 0.15) is 49.7 Å². The topological polar surface area (TPSA) is 157 Å². The Morgan fingerprint density at radius 2 is 1.80 bits per heavy atom. The van der Waals surface area contributed by atoms with E-state index in [1.165, 1.54) is 18.6 Å². The van der Waals surface area contributed by atoms with Crippen molar-refractivity contribution < 1.29 is 13.2 Å². The number of nitrogens with two attached hydrogens (primary N) is 1. The number of sulfonamides is 1. The molecule has 2 aromatic carbocycles. The highest BCUT2D eigenvalue weighted by Gasteiger charge is 2.25. The van der Waals surface area contributed by atoms with E-state index in [4.69, 9.17) is 28.3 Å². The molecule has 1 aliphatic carbocycles. The molecule has 5 rings (SSSR count). The smallest absolute Gasteiger partial charge is 0.242 e. The van der Waals surface area contributed by atoms with Gasteiger partial charge in [0.05, 0.1) is 4.90 Å². The van der Waals surface area contributed by atoms with Gasteiger partial charge in [0, 0.05) is 41.6 Å². The van der Waals surface area contributed by atoms with E-state index in [1.54, 1.807) is 59.7 Å². The summed E-state index contributed by atoms with van der Waals surface area (Å²) < 4.78 is 25.0. The molecule has 4 aromatic rings. The summed E-state index contributed by atoms with van der Waals surface area (Å²) in [6, 6.07) is 12.7. The van der Waals surface area contributed by atoms with Crippen molar-refractivity contribution in [2.24, 2.45) is 11.1 Å². The van der Waals surface area contributed by atoms with E-state index in [0.29, 0.717) is 46.5 Å². The Labute approximate surface area is 266 Å². The molecule has 2 heterocycles. The molecule has 0 aliphatic heterocycles. The van der Waals surface area contributed by atoms with E-state index in [-0.39, 0.29) is 17.3 Å². The third-order valence-electron chi connectivity index (χ3n) is 7.58. The summed E-state index contributed by atoms with van der Waals surface area (Å²) in [5.74, 6) is 1.60. The van der Waals surface area contributed by atoms with Gasteiger partial charge >= 0.3 is 0 Å². The number of aromatic nitrogens is 4. The number of carbonyl (C=O) groups excluding carboxylic acids is 1. The first-order chi connectivity index (χ1) is 21.1. The SMILES string of the molecule is NS(=O)(=O)c1ccc(CNc2nc(N[C@H](CC3CCCCC3)C(=O)NCc3ccc(Cl)cc3Cl)cc(-n3ccnc3)n2)cc1. The summed E-state index contributed by atoms with van der Waals surface area (Å²) in [6.07, 6.45) is 11.4. The van der Waals surface area contributed by atoms with Gasteiger partial charge in [0.2, 0.25) is 21.9 Å². The van der Waals surface area contributed by atoms with Crippen LogP contribution in [0.2, 0.25) is 10.0 Å². The monoisotopic (exact) mass is 656 g/mol. The van der Waals surface area contributed by atoms with Crippen LogP contribution in [0.25, 0.3) is 5.82 Å². The highest BCUT2D eigenvalue weighted by molar-refractivity contribution is 7.89. The van der Waals surface area contributed by atoms with Gasteiger partial charge in [-0.15, -0.1) is 0 Å². The summed E-state index contributed by atoms with van der Waals surface area (Å²) >= 11 is 12.4. The molecular weight excluding hydrogens is 623 g/mol. The number of hydrogen-bond acceptors (Lipinski definition) is 8. The van der Waals surface area contributed by atoms with Crippen LogP contribution < -0.4 is 21.1 Å². The van der Waals surface area contributed by atoms with Gasteiger partial charge in [0.15, 0.2) is 0 Å². The largest absolute Gasteiger partial charge is 0.358 e. The minimum atomic E-state index is -3.78. The normalized spacial score (nSPS) is 14.6. The molecule has 1 saturated carbocycles. The minimum absolute atomic E-state index is 0.0340. The zero-order valence-electron chi connectivity index (χ0n) is 23.9. The predicted octanol–water partition coefficient (Wildman–Crippen LogP) is 5.30. The number of halogens is 2. The highest BCUT2D eigenvalue weighted by Crippen LogP contribution is 2.29. The quantitative estimate of drug-likeness (QED) is 0.160. The number of benzene rings is 2. The average molecular weight is 658 g/mol. The second-order valence-corrected chi connectivity index (χ2v) is 13.2. The summed E-state index contributed by atoms with van der Waals surface area (Å²) in [4.78, 5) is 27.1. The van der Waals surface area contributed by atoms with Crippen molar-refractivity contribution in [1.29, 1.82) is 0 Å². The Balaban J connectivity index is 1.36. The molecule has 232 valence electrons. The van der Waals surface area contributed by atoms with Crippen molar-refractivity contribution in [2.75, 3.05) is 10.6 Å². The van der Waals surface area contributed by atoms with Gasteiger partial charge in [-0.2, -0.15) is 9.97 Å². The molecule has 2 aromatic heterocycles. The summed E-state index contributed by atoms with van der Waals surface area (Å²) in [7, 11) is -3.78. The van der Waals surface area contributed by atoms with Gasteiger partial charge in [0.25, 0.3) is 0 Å². The molecule has 0 unspecified atom stereocenters. The van der Waals surface area contributed by atoms with Crippen LogP contribution in [0.4, 0.5) is 11.8 Å². The fraction of sp³-hybridized carbons (Fsp3) is 0.333. The lowest BCUT2D eigenvalue weighted by Crippen LogP contribution is -2.41. The van der Waals surface area contributed by atoms with Crippen LogP contribution in [0.3, 0.4) is 0 Å². The van der Waals surface area contributed by atoms with Crippen molar-refractivity contribution in [2.45, 2.75) is 62.6 Å². The van der Waals surface area contributed by atoms with Gasteiger partial charge in [-0.3, -0.25) is 9.36 Å².